The van der Waals surface area contributed by atoms with Crippen LogP contribution in [0, 0.1) is 11.8 Å². The van der Waals surface area contributed by atoms with Crippen molar-refractivity contribution < 1.29 is 9.84 Å². The minimum Gasteiger partial charge on any atom is -0.396 e. The topological polar surface area (TPSA) is 92.2 Å². The molecule has 1 saturated carbocycles. The molecule has 1 aromatic carbocycles. The van der Waals surface area contributed by atoms with Gasteiger partial charge in [0.15, 0.2) is 0 Å². The number of hydrogen-bond acceptors (Lipinski definition) is 8. The summed E-state index contributed by atoms with van der Waals surface area (Å²) in [5.41, 5.74) is 1.43. The van der Waals surface area contributed by atoms with E-state index in [1.54, 1.807) is 18.4 Å². The molecule has 32 heavy (non-hydrogen) atoms. The van der Waals surface area contributed by atoms with Crippen LogP contribution in [-0.2, 0) is 4.74 Å². The van der Waals surface area contributed by atoms with Crippen LogP contribution < -0.4 is 10.6 Å². The second-order valence-electron chi connectivity index (χ2n) is 8.63. The molecule has 9 heteroatoms. The molecular weight excluding hydrogens is 446 g/mol. The summed E-state index contributed by atoms with van der Waals surface area (Å²) < 4.78 is 6.21. The van der Waals surface area contributed by atoms with E-state index in [0.29, 0.717) is 30.1 Å². The number of halogens is 1. The Labute approximate surface area is 197 Å². The normalized spacial score (nSPS) is 23.0. The first-order chi connectivity index (χ1) is 15.4. The first-order valence-corrected chi connectivity index (χ1v) is 12.2. The van der Waals surface area contributed by atoms with Crippen LogP contribution in [0.25, 0.3) is 20.8 Å². The van der Waals surface area contributed by atoms with Crippen molar-refractivity contribution in [1.29, 1.82) is 0 Å². The van der Waals surface area contributed by atoms with E-state index in [2.05, 4.69) is 35.5 Å². The Bertz CT molecular complexity index is 1040. The molecule has 1 fully saturated rings. The fraction of sp³-hybridized carbons (Fsp3) is 0.522. The summed E-state index contributed by atoms with van der Waals surface area (Å²) in [6.45, 7) is 5.92. The van der Waals surface area contributed by atoms with Crippen molar-refractivity contribution in [2.24, 2.45) is 11.8 Å². The SMILES string of the molecule is COCCCNc1nc(Cl)c(-c2nc3ccccc3s2)c(NC2(C)CCC(CO)C2C)n1. The molecule has 2 heterocycles. The van der Waals surface area contributed by atoms with Gasteiger partial charge in [-0.1, -0.05) is 30.7 Å². The molecule has 172 valence electrons. The van der Waals surface area contributed by atoms with E-state index in [0.717, 1.165) is 40.1 Å². The number of thiazole rings is 1. The fourth-order valence-corrected chi connectivity index (χ4v) is 5.70. The zero-order valence-electron chi connectivity index (χ0n) is 18.7. The van der Waals surface area contributed by atoms with Crippen LogP contribution in [0.2, 0.25) is 5.15 Å². The summed E-state index contributed by atoms with van der Waals surface area (Å²) in [5, 5.41) is 17.9. The zero-order valence-corrected chi connectivity index (χ0v) is 20.3. The number of aliphatic hydroxyl groups is 1. The average molecular weight is 476 g/mol. The number of anilines is 2. The molecule has 0 saturated heterocycles. The second kappa shape index (κ2) is 9.87. The highest BCUT2D eigenvalue weighted by atomic mass is 35.5. The third kappa shape index (κ3) is 4.69. The summed E-state index contributed by atoms with van der Waals surface area (Å²) in [4.78, 5) is 14.1. The van der Waals surface area contributed by atoms with Gasteiger partial charge in [-0.15, -0.1) is 11.3 Å². The van der Waals surface area contributed by atoms with E-state index in [1.807, 2.05) is 18.2 Å². The minimum atomic E-state index is -0.218. The van der Waals surface area contributed by atoms with Crippen molar-refractivity contribution in [2.75, 3.05) is 37.5 Å². The monoisotopic (exact) mass is 475 g/mol. The van der Waals surface area contributed by atoms with Crippen LogP contribution in [0.15, 0.2) is 24.3 Å². The summed E-state index contributed by atoms with van der Waals surface area (Å²) in [5.74, 6) is 1.70. The molecule has 0 radical (unpaired) electrons. The lowest BCUT2D eigenvalue weighted by Gasteiger charge is -2.33. The lowest BCUT2D eigenvalue weighted by atomic mass is 9.86. The van der Waals surface area contributed by atoms with Crippen LogP contribution in [0.1, 0.15) is 33.1 Å². The predicted molar refractivity (Wildman–Crippen MR) is 132 cm³/mol. The van der Waals surface area contributed by atoms with Crippen LogP contribution in [0.3, 0.4) is 0 Å². The first-order valence-electron chi connectivity index (χ1n) is 11.0. The van der Waals surface area contributed by atoms with Gasteiger partial charge in [0, 0.05) is 32.4 Å². The predicted octanol–water partition coefficient (Wildman–Crippen LogP) is 5.06. The molecule has 3 atom stereocenters. The molecule has 3 unspecified atom stereocenters. The number of para-hydroxylation sites is 1. The molecule has 3 N–H and O–H groups in total. The summed E-state index contributed by atoms with van der Waals surface area (Å²) >= 11 is 8.31. The quantitative estimate of drug-likeness (QED) is 0.294. The van der Waals surface area contributed by atoms with E-state index in [-0.39, 0.29) is 24.0 Å². The number of aliphatic hydroxyl groups excluding tert-OH is 1. The van der Waals surface area contributed by atoms with Gasteiger partial charge in [-0.25, -0.2) is 9.97 Å². The lowest BCUT2D eigenvalue weighted by Crippen LogP contribution is -2.40. The van der Waals surface area contributed by atoms with E-state index in [1.165, 1.54) is 0 Å². The van der Waals surface area contributed by atoms with Crippen molar-refractivity contribution in [2.45, 2.75) is 38.6 Å². The van der Waals surface area contributed by atoms with Gasteiger partial charge in [-0.2, -0.15) is 4.98 Å². The third-order valence-electron chi connectivity index (χ3n) is 6.57. The van der Waals surface area contributed by atoms with E-state index in [9.17, 15) is 5.11 Å². The van der Waals surface area contributed by atoms with Crippen LogP contribution in [0.4, 0.5) is 11.8 Å². The molecular formula is C23H30ClN5O2S. The highest BCUT2D eigenvalue weighted by molar-refractivity contribution is 7.21. The number of methoxy groups -OCH3 is 1. The Morgan fingerprint density at radius 3 is 2.81 bits per heavy atom. The van der Waals surface area contributed by atoms with Gasteiger partial charge in [-0.05, 0) is 50.2 Å². The number of aromatic nitrogens is 3. The Balaban J connectivity index is 1.72. The van der Waals surface area contributed by atoms with Crippen molar-refractivity contribution in [3.05, 3.63) is 29.4 Å². The number of fused-ring (bicyclic) bond motifs is 1. The van der Waals surface area contributed by atoms with Gasteiger partial charge in [0.2, 0.25) is 5.95 Å². The standard InChI is InChI=1S/C23H30ClN5O2S/c1-14-15(13-30)9-10-23(14,2)29-20-18(21-26-16-7-4-5-8-17(16)32-21)19(24)27-22(28-20)25-11-6-12-31-3/h4-5,7-8,14-15,30H,6,9-13H2,1-3H3,(H2,25,27,28,29). The lowest BCUT2D eigenvalue weighted by molar-refractivity contribution is 0.187. The molecule has 0 spiro atoms. The average Bonchev–Trinajstić information content (AvgIpc) is 3.32. The van der Waals surface area contributed by atoms with Gasteiger partial charge in [0.25, 0.3) is 0 Å². The van der Waals surface area contributed by atoms with Crippen LogP contribution in [0.5, 0.6) is 0 Å². The van der Waals surface area contributed by atoms with Crippen molar-refractivity contribution in [3.8, 4) is 10.6 Å². The Kier molecular flexibility index (Phi) is 7.14. The minimum absolute atomic E-state index is 0.194. The molecule has 7 nitrogen and oxygen atoms in total. The maximum absolute atomic E-state index is 9.77. The zero-order chi connectivity index (χ0) is 22.7. The molecule has 2 aromatic heterocycles. The van der Waals surface area contributed by atoms with Gasteiger partial charge in [0.1, 0.15) is 16.0 Å². The van der Waals surface area contributed by atoms with Gasteiger partial charge in [0.05, 0.1) is 15.8 Å². The van der Waals surface area contributed by atoms with E-state index < -0.39 is 0 Å². The number of nitrogens with one attached hydrogen (secondary N) is 2. The largest absolute Gasteiger partial charge is 0.396 e. The Morgan fingerprint density at radius 1 is 1.28 bits per heavy atom. The highest BCUT2D eigenvalue weighted by Gasteiger charge is 2.43. The Morgan fingerprint density at radius 2 is 2.09 bits per heavy atom. The molecule has 0 aliphatic heterocycles. The van der Waals surface area contributed by atoms with Crippen molar-refractivity contribution in [3.63, 3.8) is 0 Å². The van der Waals surface area contributed by atoms with Crippen molar-refractivity contribution in [1.82, 2.24) is 15.0 Å². The molecule has 0 amide bonds. The molecule has 0 bridgehead atoms. The smallest absolute Gasteiger partial charge is 0.226 e. The Hall–Kier alpha value is -2.00. The number of nitrogens with zero attached hydrogens (tertiary/aromatic N) is 3. The molecule has 4 rings (SSSR count). The first kappa shape index (κ1) is 23.2. The number of rotatable bonds is 9. The molecule has 3 aromatic rings. The van der Waals surface area contributed by atoms with Crippen molar-refractivity contribution >= 4 is 44.9 Å². The maximum atomic E-state index is 9.77. The maximum Gasteiger partial charge on any atom is 0.226 e. The molecule has 1 aliphatic carbocycles. The summed E-state index contributed by atoms with van der Waals surface area (Å²) in [7, 11) is 1.69. The van der Waals surface area contributed by atoms with E-state index in [4.69, 9.17) is 26.3 Å². The van der Waals surface area contributed by atoms with Crippen LogP contribution in [-0.4, -0.2) is 52.5 Å². The molecule has 1 aliphatic rings. The van der Waals surface area contributed by atoms with E-state index >= 15 is 0 Å². The fourth-order valence-electron chi connectivity index (χ4n) is 4.37. The van der Waals surface area contributed by atoms with Gasteiger partial charge >= 0.3 is 0 Å². The summed E-state index contributed by atoms with van der Waals surface area (Å²) in [6.07, 6.45) is 2.75. The van der Waals surface area contributed by atoms with Gasteiger partial charge in [-0.3, -0.25) is 0 Å². The number of benzene rings is 1. The highest BCUT2D eigenvalue weighted by Crippen LogP contribution is 2.45. The summed E-state index contributed by atoms with van der Waals surface area (Å²) in [6, 6.07) is 8.03. The van der Waals surface area contributed by atoms with Gasteiger partial charge < -0.3 is 20.5 Å². The number of ether oxygens (including phenoxy) is 1. The second-order valence-corrected chi connectivity index (χ2v) is 10.0. The van der Waals surface area contributed by atoms with Crippen LogP contribution >= 0.6 is 22.9 Å². The third-order valence-corrected chi connectivity index (χ3v) is 7.89. The number of hydrogen-bond donors (Lipinski definition) is 3.